The first kappa shape index (κ1) is 24.6. The van der Waals surface area contributed by atoms with Gasteiger partial charge in [0.15, 0.2) is 0 Å². The van der Waals surface area contributed by atoms with Gasteiger partial charge in [-0.25, -0.2) is 4.98 Å². The molecule has 1 fully saturated rings. The van der Waals surface area contributed by atoms with Gasteiger partial charge in [0, 0.05) is 24.7 Å². The number of halogens is 2. The Kier molecular flexibility index (Phi) is 9.44. The van der Waals surface area contributed by atoms with Crippen LogP contribution < -0.4 is 10.1 Å². The predicted molar refractivity (Wildman–Crippen MR) is 131 cm³/mol. The first-order chi connectivity index (χ1) is 15.5. The normalized spacial score (nSPS) is 15.3. The van der Waals surface area contributed by atoms with E-state index in [1.165, 1.54) is 0 Å². The number of aromatic nitrogens is 2. The van der Waals surface area contributed by atoms with E-state index in [1.807, 2.05) is 4.57 Å². The van der Waals surface area contributed by atoms with Gasteiger partial charge in [-0.05, 0) is 43.3 Å². The summed E-state index contributed by atoms with van der Waals surface area (Å²) < 4.78 is 13.0. The van der Waals surface area contributed by atoms with Crippen molar-refractivity contribution in [3.63, 3.8) is 0 Å². The van der Waals surface area contributed by atoms with Gasteiger partial charge in [-0.2, -0.15) is 0 Å². The predicted octanol–water partition coefficient (Wildman–Crippen LogP) is 4.05. The van der Waals surface area contributed by atoms with E-state index in [-0.39, 0.29) is 13.2 Å². The number of aliphatic hydroxyl groups is 1. The summed E-state index contributed by atoms with van der Waals surface area (Å²) in [5.74, 6) is 1.14. The standard InChI is InChI=1S/C23H30Cl2N4O3/c1-3-20-21(4-2)29(15-18(30)16-32-22-7-6-17(24)14-19(22)25)23(27-20)26-8-5-9-28-10-12-31-13-11-28/h3-4,6-7,14,18,30H,1-2,5,8-13,15-16H2,(H,26,27). The maximum absolute atomic E-state index is 10.6. The number of nitrogens with one attached hydrogen (secondary N) is 1. The Morgan fingerprint density at radius 1 is 1.25 bits per heavy atom. The average Bonchev–Trinajstić information content (AvgIpc) is 3.13. The minimum absolute atomic E-state index is 0.0655. The molecule has 1 saturated heterocycles. The zero-order valence-corrected chi connectivity index (χ0v) is 19.6. The van der Waals surface area contributed by atoms with Crippen molar-refractivity contribution < 1.29 is 14.6 Å². The van der Waals surface area contributed by atoms with Crippen molar-refractivity contribution in [3.8, 4) is 5.75 Å². The van der Waals surface area contributed by atoms with E-state index in [0.717, 1.165) is 51.5 Å². The van der Waals surface area contributed by atoms with Gasteiger partial charge in [0.2, 0.25) is 5.95 Å². The van der Waals surface area contributed by atoms with Gasteiger partial charge >= 0.3 is 0 Å². The highest BCUT2D eigenvalue weighted by Gasteiger charge is 2.17. The Labute approximate surface area is 199 Å². The van der Waals surface area contributed by atoms with Gasteiger partial charge in [-0.1, -0.05) is 36.4 Å². The molecule has 0 radical (unpaired) electrons. The molecule has 174 valence electrons. The minimum atomic E-state index is -0.791. The fraction of sp³-hybridized carbons (Fsp3) is 0.435. The van der Waals surface area contributed by atoms with Crippen molar-refractivity contribution in [3.05, 3.63) is 52.8 Å². The molecule has 2 heterocycles. The van der Waals surface area contributed by atoms with Crippen LogP contribution in [-0.4, -0.2) is 71.7 Å². The second kappa shape index (κ2) is 12.3. The van der Waals surface area contributed by atoms with Crippen molar-refractivity contribution in [1.82, 2.24) is 14.5 Å². The third-order valence-electron chi connectivity index (χ3n) is 5.18. The highest BCUT2D eigenvalue weighted by molar-refractivity contribution is 6.35. The van der Waals surface area contributed by atoms with Crippen LogP contribution in [0.25, 0.3) is 12.2 Å². The molecule has 1 unspecified atom stereocenters. The fourth-order valence-corrected chi connectivity index (χ4v) is 4.00. The molecule has 0 aliphatic carbocycles. The van der Waals surface area contributed by atoms with Crippen LogP contribution >= 0.6 is 23.2 Å². The van der Waals surface area contributed by atoms with Crippen molar-refractivity contribution in [1.29, 1.82) is 0 Å². The van der Waals surface area contributed by atoms with E-state index in [9.17, 15) is 5.11 Å². The first-order valence-corrected chi connectivity index (χ1v) is 11.4. The Hall–Kier alpha value is -2.03. The number of imidazole rings is 1. The highest BCUT2D eigenvalue weighted by Crippen LogP contribution is 2.28. The van der Waals surface area contributed by atoms with Crippen molar-refractivity contribution in [2.45, 2.75) is 19.1 Å². The number of aliphatic hydroxyl groups excluding tert-OH is 1. The summed E-state index contributed by atoms with van der Waals surface area (Å²) in [6.07, 6.45) is 3.58. The Balaban J connectivity index is 1.59. The molecule has 2 aromatic rings. The molecule has 0 saturated carbocycles. The molecule has 1 atom stereocenters. The molecule has 1 aromatic carbocycles. The number of rotatable bonds is 12. The second-order valence-electron chi connectivity index (χ2n) is 7.50. The van der Waals surface area contributed by atoms with Crippen molar-refractivity contribution >= 4 is 41.3 Å². The molecular formula is C23H30Cl2N4O3. The molecule has 9 heteroatoms. The third kappa shape index (κ3) is 6.73. The molecule has 1 aliphatic rings. The monoisotopic (exact) mass is 480 g/mol. The van der Waals surface area contributed by atoms with Crippen molar-refractivity contribution in [2.75, 3.05) is 51.3 Å². The lowest BCUT2D eigenvalue weighted by Gasteiger charge is -2.26. The number of nitrogens with zero attached hydrogens (tertiary/aromatic N) is 3. The van der Waals surface area contributed by atoms with Gasteiger partial charge in [-0.15, -0.1) is 0 Å². The summed E-state index contributed by atoms with van der Waals surface area (Å²) in [6.45, 7) is 13.4. The SMILES string of the molecule is C=Cc1nc(NCCCN2CCOCC2)n(CC(O)COc2ccc(Cl)cc2Cl)c1C=C. The minimum Gasteiger partial charge on any atom is -0.489 e. The van der Waals surface area contributed by atoms with Crippen LogP contribution in [0.3, 0.4) is 0 Å². The van der Waals surface area contributed by atoms with Crippen LogP contribution in [0.15, 0.2) is 31.4 Å². The number of benzene rings is 1. The van der Waals surface area contributed by atoms with Crippen LogP contribution in [0, 0.1) is 0 Å². The topological polar surface area (TPSA) is 71.8 Å². The lowest BCUT2D eigenvalue weighted by atomic mass is 10.3. The fourth-order valence-electron chi connectivity index (χ4n) is 3.54. The summed E-state index contributed by atoms with van der Waals surface area (Å²) in [7, 11) is 0. The maximum atomic E-state index is 10.6. The summed E-state index contributed by atoms with van der Waals surface area (Å²) in [5, 5.41) is 14.9. The Bertz CT molecular complexity index is 913. The summed E-state index contributed by atoms with van der Waals surface area (Å²) in [6, 6.07) is 4.98. The smallest absolute Gasteiger partial charge is 0.203 e. The number of ether oxygens (including phenoxy) is 2. The number of hydrogen-bond acceptors (Lipinski definition) is 6. The largest absolute Gasteiger partial charge is 0.489 e. The molecule has 0 amide bonds. The van der Waals surface area contributed by atoms with Crippen molar-refractivity contribution in [2.24, 2.45) is 0 Å². The average molecular weight is 481 g/mol. The molecular weight excluding hydrogens is 451 g/mol. The highest BCUT2D eigenvalue weighted by atomic mass is 35.5. The zero-order valence-electron chi connectivity index (χ0n) is 18.1. The van der Waals surface area contributed by atoms with E-state index in [2.05, 4.69) is 28.4 Å². The Morgan fingerprint density at radius 3 is 2.72 bits per heavy atom. The van der Waals surface area contributed by atoms with Gasteiger partial charge in [0.25, 0.3) is 0 Å². The molecule has 2 N–H and O–H groups in total. The third-order valence-corrected chi connectivity index (χ3v) is 5.71. The lowest BCUT2D eigenvalue weighted by Crippen LogP contribution is -2.37. The van der Waals surface area contributed by atoms with E-state index < -0.39 is 6.10 Å². The van der Waals surface area contributed by atoms with Crippen LogP contribution in [-0.2, 0) is 11.3 Å². The van der Waals surface area contributed by atoms with E-state index in [0.29, 0.717) is 27.4 Å². The summed E-state index contributed by atoms with van der Waals surface area (Å²) in [5.41, 5.74) is 1.50. The maximum Gasteiger partial charge on any atom is 0.203 e. The van der Waals surface area contributed by atoms with Crippen LogP contribution in [0.2, 0.25) is 10.0 Å². The van der Waals surface area contributed by atoms with Gasteiger partial charge in [0.05, 0.1) is 36.2 Å². The van der Waals surface area contributed by atoms with Gasteiger partial charge < -0.3 is 24.5 Å². The zero-order chi connectivity index (χ0) is 22.9. The number of morpholine rings is 1. The van der Waals surface area contributed by atoms with Crippen LogP contribution in [0.5, 0.6) is 5.75 Å². The molecule has 32 heavy (non-hydrogen) atoms. The van der Waals surface area contributed by atoms with Gasteiger partial charge in [-0.3, -0.25) is 4.90 Å². The second-order valence-corrected chi connectivity index (χ2v) is 8.34. The van der Waals surface area contributed by atoms with Gasteiger partial charge in [0.1, 0.15) is 18.5 Å². The molecule has 0 bridgehead atoms. The van der Waals surface area contributed by atoms with E-state index in [4.69, 9.17) is 32.7 Å². The van der Waals surface area contributed by atoms with E-state index in [1.54, 1.807) is 30.4 Å². The quantitative estimate of drug-likeness (QED) is 0.446. The number of hydrogen-bond donors (Lipinski definition) is 2. The van der Waals surface area contributed by atoms with Crippen LogP contribution in [0.1, 0.15) is 17.8 Å². The molecule has 7 nitrogen and oxygen atoms in total. The Morgan fingerprint density at radius 2 is 2.03 bits per heavy atom. The molecule has 1 aromatic heterocycles. The number of anilines is 1. The lowest BCUT2D eigenvalue weighted by molar-refractivity contribution is 0.0378. The molecule has 1 aliphatic heterocycles. The molecule has 3 rings (SSSR count). The molecule has 0 spiro atoms. The van der Waals surface area contributed by atoms with E-state index >= 15 is 0 Å². The summed E-state index contributed by atoms with van der Waals surface area (Å²) in [4.78, 5) is 7.01. The summed E-state index contributed by atoms with van der Waals surface area (Å²) >= 11 is 12.1. The first-order valence-electron chi connectivity index (χ1n) is 10.7. The van der Waals surface area contributed by atoms with Crippen LogP contribution in [0.4, 0.5) is 5.95 Å².